The van der Waals surface area contributed by atoms with Crippen LogP contribution in [-0.2, 0) is 23.0 Å². The molecule has 0 N–H and O–H groups in total. The standard InChI is InChI=1S/C21H30N6O2/c1-14-7-22-8-20(23-14)27-10-17-9-26(11-18(27)13-29-12-17)21(28)6-5-19-15(2)24-25(4)16(19)3/h7-8,17-18H,5-6,9-13H2,1-4H3/t17-,18-/m0/s1. The summed E-state index contributed by atoms with van der Waals surface area (Å²) >= 11 is 0. The van der Waals surface area contributed by atoms with Crippen molar-refractivity contribution in [3.05, 3.63) is 35.0 Å². The van der Waals surface area contributed by atoms with E-state index in [2.05, 4.69) is 26.9 Å². The first-order chi connectivity index (χ1) is 13.9. The van der Waals surface area contributed by atoms with Crippen LogP contribution in [0.5, 0.6) is 0 Å². The topological polar surface area (TPSA) is 76.4 Å². The molecule has 2 saturated heterocycles. The average molecular weight is 399 g/mol. The molecular weight excluding hydrogens is 368 g/mol. The lowest BCUT2D eigenvalue weighted by Crippen LogP contribution is -2.46. The van der Waals surface area contributed by atoms with E-state index in [-0.39, 0.29) is 17.9 Å². The quantitative estimate of drug-likeness (QED) is 0.776. The van der Waals surface area contributed by atoms with Crippen LogP contribution in [0.25, 0.3) is 0 Å². The van der Waals surface area contributed by atoms with E-state index in [0.717, 1.165) is 42.4 Å². The number of aromatic nitrogens is 4. The van der Waals surface area contributed by atoms with Gasteiger partial charge in [0.25, 0.3) is 0 Å². The average Bonchev–Trinajstić information content (AvgIpc) is 2.87. The lowest BCUT2D eigenvalue weighted by Gasteiger charge is -2.31. The summed E-state index contributed by atoms with van der Waals surface area (Å²) in [4.78, 5) is 26.4. The minimum Gasteiger partial charge on any atom is -0.379 e. The van der Waals surface area contributed by atoms with Gasteiger partial charge < -0.3 is 14.5 Å². The van der Waals surface area contributed by atoms with Crippen LogP contribution in [0.2, 0.25) is 0 Å². The molecule has 0 unspecified atom stereocenters. The van der Waals surface area contributed by atoms with Crippen LogP contribution in [0, 0.1) is 26.7 Å². The molecule has 0 aliphatic carbocycles. The van der Waals surface area contributed by atoms with Crippen LogP contribution in [0.4, 0.5) is 5.82 Å². The molecule has 29 heavy (non-hydrogen) atoms. The molecule has 8 nitrogen and oxygen atoms in total. The van der Waals surface area contributed by atoms with Gasteiger partial charge in [-0.25, -0.2) is 4.98 Å². The molecule has 0 saturated carbocycles. The predicted octanol–water partition coefficient (Wildman–Crippen LogP) is 1.43. The summed E-state index contributed by atoms with van der Waals surface area (Å²) in [7, 11) is 1.95. The van der Waals surface area contributed by atoms with Gasteiger partial charge in [0.05, 0.1) is 36.8 Å². The minimum atomic E-state index is 0.101. The van der Waals surface area contributed by atoms with Crippen LogP contribution in [0.3, 0.4) is 0 Å². The molecule has 0 aromatic carbocycles. The number of nitrogens with zero attached hydrogens (tertiary/aromatic N) is 6. The second-order valence-corrected chi connectivity index (χ2v) is 8.30. The van der Waals surface area contributed by atoms with E-state index in [1.165, 1.54) is 5.56 Å². The van der Waals surface area contributed by atoms with Gasteiger partial charge in [-0.05, 0) is 32.8 Å². The third-order valence-electron chi connectivity index (χ3n) is 6.11. The Morgan fingerprint density at radius 1 is 1.17 bits per heavy atom. The fourth-order valence-electron chi connectivity index (χ4n) is 4.49. The second kappa shape index (κ2) is 8.10. The smallest absolute Gasteiger partial charge is 0.222 e. The Morgan fingerprint density at radius 3 is 2.72 bits per heavy atom. The maximum Gasteiger partial charge on any atom is 0.222 e. The van der Waals surface area contributed by atoms with Crippen LogP contribution in [-0.4, -0.2) is 69.4 Å². The molecule has 2 aromatic heterocycles. The van der Waals surface area contributed by atoms with E-state index in [0.29, 0.717) is 26.2 Å². The zero-order chi connectivity index (χ0) is 20.5. The molecule has 2 aromatic rings. The van der Waals surface area contributed by atoms with E-state index in [1.807, 2.05) is 36.7 Å². The molecule has 2 aliphatic heterocycles. The number of ether oxygens (including phenoxy) is 1. The van der Waals surface area contributed by atoms with Crippen molar-refractivity contribution in [3.63, 3.8) is 0 Å². The number of aryl methyl sites for hydroxylation is 3. The van der Waals surface area contributed by atoms with Gasteiger partial charge in [-0.3, -0.25) is 14.5 Å². The lowest BCUT2D eigenvalue weighted by molar-refractivity contribution is -0.132. The fraction of sp³-hybridized carbons (Fsp3) is 0.619. The first-order valence-electron chi connectivity index (χ1n) is 10.3. The first-order valence-corrected chi connectivity index (χ1v) is 10.3. The molecular formula is C21H30N6O2. The Labute approximate surface area is 171 Å². The number of hydrogen-bond donors (Lipinski definition) is 0. The molecule has 4 heterocycles. The van der Waals surface area contributed by atoms with Crippen molar-refractivity contribution in [3.8, 4) is 0 Å². The molecule has 2 aliphatic rings. The molecule has 8 heteroatoms. The van der Waals surface area contributed by atoms with Gasteiger partial charge in [-0.15, -0.1) is 0 Å². The molecule has 4 rings (SSSR count). The summed E-state index contributed by atoms with van der Waals surface area (Å²) in [5.41, 5.74) is 4.25. The van der Waals surface area contributed by atoms with Gasteiger partial charge in [0.2, 0.25) is 5.91 Å². The molecule has 0 spiro atoms. The van der Waals surface area contributed by atoms with Crippen molar-refractivity contribution in [2.24, 2.45) is 13.0 Å². The van der Waals surface area contributed by atoms with E-state index in [1.54, 1.807) is 6.20 Å². The van der Waals surface area contributed by atoms with Crippen LogP contribution in [0.1, 0.15) is 29.1 Å². The number of rotatable bonds is 4. The normalized spacial score (nSPS) is 21.9. The number of fused-ring (bicyclic) bond motifs is 3. The SMILES string of the molecule is Cc1cncc(N2C[C@H]3COC[C@@H]2CN(C(=O)CCc2c(C)nn(C)c2C)C3)n1. The van der Waals surface area contributed by atoms with Crippen LogP contribution in [0.15, 0.2) is 12.4 Å². The minimum absolute atomic E-state index is 0.101. The molecule has 0 radical (unpaired) electrons. The molecule has 2 fully saturated rings. The Kier molecular flexibility index (Phi) is 5.54. The highest BCUT2D eigenvalue weighted by molar-refractivity contribution is 5.76. The fourth-order valence-corrected chi connectivity index (χ4v) is 4.49. The van der Waals surface area contributed by atoms with E-state index >= 15 is 0 Å². The van der Waals surface area contributed by atoms with Crippen LogP contribution >= 0.6 is 0 Å². The molecule has 2 atom stereocenters. The molecule has 2 bridgehead atoms. The zero-order valence-electron chi connectivity index (χ0n) is 17.8. The number of carbonyl (C=O) groups is 1. The van der Waals surface area contributed by atoms with Gasteiger partial charge in [-0.1, -0.05) is 0 Å². The Morgan fingerprint density at radius 2 is 2.00 bits per heavy atom. The Balaban J connectivity index is 1.47. The highest BCUT2D eigenvalue weighted by atomic mass is 16.5. The third-order valence-corrected chi connectivity index (χ3v) is 6.11. The van der Waals surface area contributed by atoms with Crippen molar-refractivity contribution in [1.29, 1.82) is 0 Å². The summed E-state index contributed by atoms with van der Waals surface area (Å²) in [6, 6.07) is 0.101. The number of anilines is 1. The first kappa shape index (κ1) is 19.8. The highest BCUT2D eigenvalue weighted by Gasteiger charge is 2.35. The van der Waals surface area contributed by atoms with Crippen molar-refractivity contribution in [2.45, 2.75) is 39.7 Å². The van der Waals surface area contributed by atoms with E-state index in [9.17, 15) is 4.79 Å². The van der Waals surface area contributed by atoms with Gasteiger partial charge >= 0.3 is 0 Å². The Bertz CT molecular complexity index is 895. The largest absolute Gasteiger partial charge is 0.379 e. The van der Waals surface area contributed by atoms with Crippen molar-refractivity contribution in [1.82, 2.24) is 24.6 Å². The van der Waals surface area contributed by atoms with Gasteiger partial charge in [0, 0.05) is 50.9 Å². The lowest BCUT2D eigenvalue weighted by atomic mass is 10.1. The summed E-state index contributed by atoms with van der Waals surface area (Å²) < 4.78 is 7.79. The van der Waals surface area contributed by atoms with Gasteiger partial charge in [0.1, 0.15) is 5.82 Å². The van der Waals surface area contributed by atoms with Crippen LogP contribution < -0.4 is 4.90 Å². The monoisotopic (exact) mass is 398 g/mol. The number of amides is 1. The molecule has 156 valence electrons. The summed E-state index contributed by atoms with van der Waals surface area (Å²) in [5, 5.41) is 4.47. The maximum absolute atomic E-state index is 13.1. The third kappa shape index (κ3) is 4.12. The summed E-state index contributed by atoms with van der Waals surface area (Å²) in [6.45, 7) is 9.55. The van der Waals surface area contributed by atoms with E-state index in [4.69, 9.17) is 4.74 Å². The van der Waals surface area contributed by atoms with Crippen molar-refractivity contribution < 1.29 is 9.53 Å². The predicted molar refractivity (Wildman–Crippen MR) is 110 cm³/mol. The zero-order valence-corrected chi connectivity index (χ0v) is 17.8. The maximum atomic E-state index is 13.1. The number of hydrogen-bond acceptors (Lipinski definition) is 6. The van der Waals surface area contributed by atoms with Gasteiger partial charge in [0.15, 0.2) is 0 Å². The molecule has 1 amide bonds. The van der Waals surface area contributed by atoms with E-state index < -0.39 is 0 Å². The summed E-state index contributed by atoms with van der Waals surface area (Å²) in [5.74, 6) is 1.36. The number of carbonyl (C=O) groups excluding carboxylic acids is 1. The van der Waals surface area contributed by atoms with Crippen molar-refractivity contribution in [2.75, 3.05) is 37.7 Å². The Hall–Kier alpha value is -2.48. The summed E-state index contributed by atoms with van der Waals surface area (Å²) in [6.07, 6.45) is 4.83. The van der Waals surface area contributed by atoms with Crippen molar-refractivity contribution >= 4 is 11.7 Å². The second-order valence-electron chi connectivity index (χ2n) is 8.30. The highest BCUT2D eigenvalue weighted by Crippen LogP contribution is 2.25. The van der Waals surface area contributed by atoms with Gasteiger partial charge in [-0.2, -0.15) is 5.10 Å².